The molecule has 0 aliphatic carbocycles. The van der Waals surface area contributed by atoms with E-state index in [2.05, 4.69) is 43.1 Å². The Morgan fingerprint density at radius 3 is 2.03 bits per heavy atom. The van der Waals surface area contributed by atoms with E-state index in [9.17, 15) is 4.79 Å². The summed E-state index contributed by atoms with van der Waals surface area (Å²) in [6, 6.07) is 13.9. The third-order valence-corrected chi connectivity index (χ3v) is 6.37. The van der Waals surface area contributed by atoms with Crippen LogP contribution in [-0.2, 0) is 37.5 Å². The van der Waals surface area contributed by atoms with Crippen LogP contribution in [0.3, 0.4) is 0 Å². The largest absolute Gasteiger partial charge is 0.321 e. The van der Waals surface area contributed by atoms with Crippen molar-refractivity contribution in [3.8, 4) is 0 Å². The van der Waals surface area contributed by atoms with Crippen LogP contribution in [0.15, 0.2) is 42.5 Å². The minimum absolute atomic E-state index is 0. The topological polar surface area (TPSA) is 33.5 Å². The van der Waals surface area contributed by atoms with Gasteiger partial charge in [-0.1, -0.05) is 48.0 Å². The zero-order valence-electron chi connectivity index (χ0n) is 19.7. The second-order valence-corrected chi connectivity index (χ2v) is 8.43. The first-order chi connectivity index (χ1) is 14.3. The number of amides is 1. The molecule has 1 radical (unpaired) electrons. The third-order valence-electron chi connectivity index (χ3n) is 6.37. The molecule has 1 atom stereocenters. The monoisotopic (exact) mass is 495 g/mol. The first kappa shape index (κ1) is 27.5. The molecule has 1 saturated heterocycles. The zero-order valence-corrected chi connectivity index (χ0v) is 22.6. The van der Waals surface area contributed by atoms with Crippen LogP contribution in [0.5, 0.6) is 0 Å². The van der Waals surface area contributed by atoms with Crippen LogP contribution >= 0.6 is 0 Å². The Morgan fingerprint density at radius 1 is 1.06 bits per heavy atom. The molecule has 1 amide bonds. The normalized spacial score (nSPS) is 15.4. The minimum atomic E-state index is -0.0420. The first-order valence-electron chi connectivity index (χ1n) is 11.0. The second-order valence-electron chi connectivity index (χ2n) is 8.43. The van der Waals surface area contributed by atoms with Crippen molar-refractivity contribution in [2.45, 2.75) is 59.9 Å². The van der Waals surface area contributed by atoms with Gasteiger partial charge in [-0.05, 0) is 65.0 Å². The molecule has 2 aromatic carbocycles. The van der Waals surface area contributed by atoms with Crippen molar-refractivity contribution in [2.75, 3.05) is 25.0 Å². The number of nitrogens with zero attached hydrogens (tertiary/aromatic N) is 2. The molecule has 31 heavy (non-hydrogen) atoms. The molecule has 0 bridgehead atoms. The Kier molecular flexibility index (Phi) is 11.6. The van der Waals surface area contributed by atoms with E-state index in [4.69, 9.17) is 6.57 Å². The molecule has 5 heteroatoms. The number of quaternary nitrogens is 1. The van der Waals surface area contributed by atoms with Crippen LogP contribution in [0.2, 0.25) is 0 Å². The Bertz CT molecular complexity index is 860. The number of carbonyl (C=O) groups excluding carboxylic acids is 1. The Morgan fingerprint density at radius 2 is 1.61 bits per heavy atom. The van der Waals surface area contributed by atoms with E-state index in [0.29, 0.717) is 5.69 Å². The van der Waals surface area contributed by atoms with Gasteiger partial charge in [0.1, 0.15) is 0 Å². The van der Waals surface area contributed by atoms with E-state index in [0.717, 1.165) is 40.9 Å². The number of nitrogens with one attached hydrogen (secondary N) is 1. The fraction of sp³-hybridized carbons (Fsp3) is 0.462. The van der Waals surface area contributed by atoms with Gasteiger partial charge in [-0.3, -0.25) is 4.79 Å². The molecular formula is C26H36N3OY+. The summed E-state index contributed by atoms with van der Waals surface area (Å²) in [4.78, 5) is 16.3. The van der Waals surface area contributed by atoms with Crippen LogP contribution in [0.4, 0.5) is 11.4 Å². The maximum Gasteiger partial charge on any atom is 0.282 e. The fourth-order valence-corrected chi connectivity index (χ4v) is 4.33. The van der Waals surface area contributed by atoms with Crippen LogP contribution in [0.1, 0.15) is 49.8 Å². The molecule has 163 valence electrons. The van der Waals surface area contributed by atoms with Crippen LogP contribution in [0, 0.1) is 27.3 Å². The predicted molar refractivity (Wildman–Crippen MR) is 126 cm³/mol. The molecule has 1 aliphatic heterocycles. The van der Waals surface area contributed by atoms with Gasteiger partial charge in [0.15, 0.2) is 11.7 Å². The van der Waals surface area contributed by atoms with E-state index in [1.54, 1.807) is 0 Å². The van der Waals surface area contributed by atoms with Crippen molar-refractivity contribution in [3.63, 3.8) is 0 Å². The molecule has 3 rings (SSSR count). The maximum atomic E-state index is 12.8. The summed E-state index contributed by atoms with van der Waals surface area (Å²) < 4.78 is 0.893. The number of carbonyl (C=O) groups is 1. The van der Waals surface area contributed by atoms with E-state index < -0.39 is 0 Å². The van der Waals surface area contributed by atoms with E-state index >= 15 is 0 Å². The second kappa shape index (κ2) is 13.1. The number of likely N-dealkylation sites (tertiary alicyclic amines) is 1. The standard InChI is InChI=1S/C19H27N3O.C7H8.Y/c1-6-22(10-8-7-9-11-22)16(4)19(23)21-18-14(2)12-17(20-5)13-15(18)3;1-7-5-3-2-4-6-7;/h12-13,16H,6-11H2,1-4H3;2-6H,1H3;/p+1. The van der Waals surface area contributed by atoms with Crippen molar-refractivity contribution >= 4 is 17.3 Å². The quantitative estimate of drug-likeness (QED) is 0.398. The van der Waals surface area contributed by atoms with Crippen molar-refractivity contribution in [1.29, 1.82) is 0 Å². The molecule has 1 N–H and O–H groups in total. The van der Waals surface area contributed by atoms with Crippen LogP contribution in [-0.4, -0.2) is 36.1 Å². The maximum absolute atomic E-state index is 12.8. The summed E-state index contributed by atoms with van der Waals surface area (Å²) in [5.74, 6) is 0.0931. The van der Waals surface area contributed by atoms with Gasteiger partial charge < -0.3 is 9.80 Å². The van der Waals surface area contributed by atoms with Gasteiger partial charge in [-0.25, -0.2) is 4.85 Å². The Balaban J connectivity index is 0.000000510. The average Bonchev–Trinajstić information content (AvgIpc) is 2.76. The van der Waals surface area contributed by atoms with E-state index in [1.807, 2.05) is 44.2 Å². The first-order valence-corrected chi connectivity index (χ1v) is 11.0. The molecule has 2 aromatic rings. The van der Waals surface area contributed by atoms with Crippen molar-refractivity contribution in [3.05, 3.63) is 70.6 Å². The number of rotatable bonds is 4. The van der Waals surface area contributed by atoms with Crippen molar-refractivity contribution in [2.24, 2.45) is 0 Å². The van der Waals surface area contributed by atoms with Gasteiger partial charge in [-0.2, -0.15) is 0 Å². The number of hydrogen-bond acceptors (Lipinski definition) is 1. The number of piperidine rings is 1. The van der Waals surface area contributed by atoms with Gasteiger partial charge in [0, 0.05) is 38.4 Å². The molecule has 0 saturated carbocycles. The summed E-state index contributed by atoms with van der Waals surface area (Å²) in [6.07, 6.45) is 3.71. The molecule has 1 heterocycles. The number of aryl methyl sites for hydroxylation is 3. The molecule has 1 unspecified atom stereocenters. The molecule has 1 aliphatic rings. The fourth-order valence-electron chi connectivity index (χ4n) is 4.33. The summed E-state index contributed by atoms with van der Waals surface area (Å²) in [5, 5.41) is 3.13. The molecule has 4 nitrogen and oxygen atoms in total. The summed E-state index contributed by atoms with van der Waals surface area (Å²) >= 11 is 0. The number of anilines is 1. The van der Waals surface area contributed by atoms with Gasteiger partial charge >= 0.3 is 0 Å². The predicted octanol–water partition coefficient (Wildman–Crippen LogP) is 6.19. The molecular weight excluding hydrogens is 459 g/mol. The summed E-state index contributed by atoms with van der Waals surface area (Å²) in [7, 11) is 0. The van der Waals surface area contributed by atoms with Gasteiger partial charge in [-0.15, -0.1) is 0 Å². The SMILES string of the molecule is Cc1ccccc1.[C-]#[N+]c1cc(C)c(NC(=O)C(C)[N+]2(CC)CCCCC2)c(C)c1.[Y]. The molecule has 1 fully saturated rings. The Labute approximate surface area is 213 Å². The van der Waals surface area contributed by atoms with Crippen LogP contribution < -0.4 is 5.32 Å². The smallest absolute Gasteiger partial charge is 0.282 e. The average molecular weight is 496 g/mol. The van der Waals surface area contributed by atoms with Gasteiger partial charge in [0.25, 0.3) is 5.91 Å². The van der Waals surface area contributed by atoms with Crippen LogP contribution in [0.25, 0.3) is 4.85 Å². The van der Waals surface area contributed by atoms with Crippen molar-refractivity contribution in [1.82, 2.24) is 0 Å². The third kappa shape index (κ3) is 7.53. The van der Waals surface area contributed by atoms with Crippen molar-refractivity contribution < 1.29 is 42.0 Å². The molecule has 0 aromatic heterocycles. The Hall–Kier alpha value is -1.54. The number of hydrogen-bond donors (Lipinski definition) is 1. The number of likely N-dealkylation sites (N-methyl/N-ethyl adjacent to an activating group) is 1. The van der Waals surface area contributed by atoms with E-state index in [1.165, 1.54) is 24.8 Å². The van der Waals surface area contributed by atoms with E-state index in [-0.39, 0.29) is 44.7 Å². The van der Waals surface area contributed by atoms with Gasteiger partial charge in [0.05, 0.1) is 26.2 Å². The van der Waals surface area contributed by atoms with Gasteiger partial charge in [0.2, 0.25) is 0 Å². The molecule has 0 spiro atoms. The summed E-state index contributed by atoms with van der Waals surface area (Å²) in [6.45, 7) is 20.6. The minimum Gasteiger partial charge on any atom is -0.321 e. The number of benzene rings is 2. The summed E-state index contributed by atoms with van der Waals surface area (Å²) in [5.41, 5.74) is 4.72. The zero-order chi connectivity index (χ0) is 22.1.